The van der Waals surface area contributed by atoms with Crippen LogP contribution in [0.4, 0.5) is 8.78 Å². The normalized spacial score (nSPS) is 12.5. The smallest absolute Gasteiger partial charge is 0.326 e. The van der Waals surface area contributed by atoms with Crippen molar-refractivity contribution in [3.05, 3.63) is 23.0 Å². The second-order valence-electron chi connectivity index (χ2n) is 4.52. The molecule has 1 heterocycles. The summed E-state index contributed by atoms with van der Waals surface area (Å²) in [5, 5.41) is 11.0. The molecule has 112 valence electrons. The summed E-state index contributed by atoms with van der Waals surface area (Å²) in [5.74, 6) is -2.12. The molecule has 0 aliphatic heterocycles. The first-order valence-electron chi connectivity index (χ1n) is 6.26. The molecule has 0 aliphatic rings. The Morgan fingerprint density at radius 1 is 1.40 bits per heavy atom. The van der Waals surface area contributed by atoms with Gasteiger partial charge in [-0.3, -0.25) is 4.79 Å². The van der Waals surface area contributed by atoms with Crippen LogP contribution in [0, 0.1) is 13.8 Å². The third-order valence-corrected chi connectivity index (χ3v) is 3.15. The SMILES string of the molecule is CCn1c(C)cc(C(=O)NC(CC(F)F)C(=O)O)c1C. The predicted octanol–water partition coefficient (Wildman–Crippen LogP) is 1.96. The lowest BCUT2D eigenvalue weighted by Gasteiger charge is -2.14. The van der Waals surface area contributed by atoms with Crippen LogP contribution in [0.3, 0.4) is 0 Å². The number of aliphatic carboxylic acids is 1. The number of carbonyl (C=O) groups excluding carboxylic acids is 1. The van der Waals surface area contributed by atoms with Crippen molar-refractivity contribution in [3.63, 3.8) is 0 Å². The lowest BCUT2D eigenvalue weighted by molar-refractivity contribution is -0.140. The summed E-state index contributed by atoms with van der Waals surface area (Å²) in [6.07, 6.45) is -3.70. The molecule has 5 nitrogen and oxygen atoms in total. The highest BCUT2D eigenvalue weighted by Gasteiger charge is 2.26. The van der Waals surface area contributed by atoms with Crippen molar-refractivity contribution in [1.82, 2.24) is 9.88 Å². The monoisotopic (exact) mass is 288 g/mol. The van der Waals surface area contributed by atoms with E-state index in [4.69, 9.17) is 5.11 Å². The number of aromatic nitrogens is 1. The Labute approximate surface area is 115 Å². The highest BCUT2D eigenvalue weighted by atomic mass is 19.3. The molecular formula is C13H18F2N2O3. The van der Waals surface area contributed by atoms with Gasteiger partial charge in [-0.25, -0.2) is 13.6 Å². The third kappa shape index (κ3) is 3.55. The zero-order valence-corrected chi connectivity index (χ0v) is 11.6. The maximum atomic E-state index is 12.3. The van der Waals surface area contributed by atoms with Crippen LogP contribution < -0.4 is 5.32 Å². The number of aryl methyl sites for hydroxylation is 1. The van der Waals surface area contributed by atoms with Gasteiger partial charge < -0.3 is 15.0 Å². The molecule has 1 atom stereocenters. The molecule has 0 saturated carbocycles. The predicted molar refractivity (Wildman–Crippen MR) is 69.1 cm³/mol. The van der Waals surface area contributed by atoms with E-state index in [0.29, 0.717) is 17.8 Å². The van der Waals surface area contributed by atoms with E-state index in [-0.39, 0.29) is 0 Å². The summed E-state index contributed by atoms with van der Waals surface area (Å²) in [7, 11) is 0. The van der Waals surface area contributed by atoms with Gasteiger partial charge in [0.05, 0.1) is 5.56 Å². The third-order valence-electron chi connectivity index (χ3n) is 3.15. The van der Waals surface area contributed by atoms with Gasteiger partial charge in [-0.2, -0.15) is 0 Å². The molecular weight excluding hydrogens is 270 g/mol. The topological polar surface area (TPSA) is 71.3 Å². The van der Waals surface area contributed by atoms with E-state index < -0.39 is 30.8 Å². The highest BCUT2D eigenvalue weighted by Crippen LogP contribution is 2.15. The molecule has 0 fully saturated rings. The lowest BCUT2D eigenvalue weighted by atomic mass is 10.1. The number of nitrogens with zero attached hydrogens (tertiary/aromatic N) is 1. The maximum Gasteiger partial charge on any atom is 0.326 e. The van der Waals surface area contributed by atoms with Crippen LogP contribution in [-0.4, -0.2) is 34.0 Å². The van der Waals surface area contributed by atoms with Crippen LogP contribution in [-0.2, 0) is 11.3 Å². The minimum Gasteiger partial charge on any atom is -0.480 e. The molecule has 0 saturated heterocycles. The zero-order valence-electron chi connectivity index (χ0n) is 11.6. The average Bonchev–Trinajstić information content (AvgIpc) is 2.62. The lowest BCUT2D eigenvalue weighted by Crippen LogP contribution is -2.42. The Bertz CT molecular complexity index is 512. The molecule has 1 amide bonds. The molecule has 1 rings (SSSR count). The number of nitrogens with one attached hydrogen (secondary N) is 1. The van der Waals surface area contributed by atoms with E-state index in [2.05, 4.69) is 5.32 Å². The first kappa shape index (κ1) is 16.1. The van der Waals surface area contributed by atoms with Crippen molar-refractivity contribution in [1.29, 1.82) is 0 Å². The number of hydrogen-bond donors (Lipinski definition) is 2. The average molecular weight is 288 g/mol. The first-order chi connectivity index (χ1) is 9.27. The molecule has 0 spiro atoms. The number of carboxylic acid groups (broad SMARTS) is 1. The van der Waals surface area contributed by atoms with E-state index in [1.165, 1.54) is 0 Å². The Kier molecular flexibility index (Phi) is 5.24. The van der Waals surface area contributed by atoms with E-state index in [0.717, 1.165) is 5.69 Å². The number of amides is 1. The van der Waals surface area contributed by atoms with Gasteiger partial charge in [0, 0.05) is 24.4 Å². The summed E-state index contributed by atoms with van der Waals surface area (Å²) in [4.78, 5) is 22.9. The van der Waals surface area contributed by atoms with Gasteiger partial charge in [0.25, 0.3) is 5.91 Å². The molecule has 1 aromatic heterocycles. The van der Waals surface area contributed by atoms with Crippen LogP contribution in [0.2, 0.25) is 0 Å². The fourth-order valence-electron chi connectivity index (χ4n) is 2.15. The quantitative estimate of drug-likeness (QED) is 0.840. The van der Waals surface area contributed by atoms with Crippen molar-refractivity contribution in [2.45, 2.75) is 46.2 Å². The minimum atomic E-state index is -2.79. The van der Waals surface area contributed by atoms with Gasteiger partial charge >= 0.3 is 5.97 Å². The maximum absolute atomic E-state index is 12.3. The minimum absolute atomic E-state index is 0.310. The first-order valence-corrected chi connectivity index (χ1v) is 6.26. The number of halogens is 2. The van der Waals surface area contributed by atoms with E-state index in [1.54, 1.807) is 13.0 Å². The standard InChI is InChI=1S/C13H18F2N2O3/c1-4-17-7(2)5-9(8(17)3)12(18)16-10(13(19)20)6-11(14)15/h5,10-11H,4,6H2,1-3H3,(H,16,18)(H,19,20). The van der Waals surface area contributed by atoms with Crippen LogP contribution in [0.5, 0.6) is 0 Å². The number of carbonyl (C=O) groups is 2. The van der Waals surface area contributed by atoms with Gasteiger partial charge in [-0.15, -0.1) is 0 Å². The van der Waals surface area contributed by atoms with Gasteiger partial charge in [0.2, 0.25) is 6.43 Å². The van der Waals surface area contributed by atoms with Crippen LogP contribution in [0.15, 0.2) is 6.07 Å². The van der Waals surface area contributed by atoms with E-state index in [9.17, 15) is 18.4 Å². The number of carboxylic acids is 1. The number of rotatable bonds is 6. The van der Waals surface area contributed by atoms with Gasteiger partial charge in [-0.1, -0.05) is 0 Å². The molecule has 20 heavy (non-hydrogen) atoms. The molecule has 1 unspecified atom stereocenters. The largest absolute Gasteiger partial charge is 0.480 e. The van der Waals surface area contributed by atoms with E-state index in [1.807, 2.05) is 18.4 Å². The van der Waals surface area contributed by atoms with Crippen LogP contribution >= 0.6 is 0 Å². The van der Waals surface area contributed by atoms with Crippen molar-refractivity contribution in [2.24, 2.45) is 0 Å². The molecule has 0 aliphatic carbocycles. The molecule has 2 N–H and O–H groups in total. The van der Waals surface area contributed by atoms with Crippen molar-refractivity contribution < 1.29 is 23.5 Å². The van der Waals surface area contributed by atoms with Crippen molar-refractivity contribution in [3.8, 4) is 0 Å². The van der Waals surface area contributed by atoms with Crippen molar-refractivity contribution >= 4 is 11.9 Å². The summed E-state index contributed by atoms with van der Waals surface area (Å²) in [5.41, 5.74) is 1.85. The molecule has 0 aromatic carbocycles. The Balaban J connectivity index is 2.92. The van der Waals surface area contributed by atoms with E-state index >= 15 is 0 Å². The summed E-state index contributed by atoms with van der Waals surface area (Å²) in [6, 6.07) is 0.0299. The second kappa shape index (κ2) is 6.49. The summed E-state index contributed by atoms with van der Waals surface area (Å²) in [6.45, 7) is 6.14. The Hall–Kier alpha value is -1.92. The molecule has 0 radical (unpaired) electrons. The fourth-order valence-corrected chi connectivity index (χ4v) is 2.15. The fraction of sp³-hybridized carbons (Fsp3) is 0.538. The van der Waals surface area contributed by atoms with Crippen LogP contribution in [0.25, 0.3) is 0 Å². The second-order valence-corrected chi connectivity index (χ2v) is 4.52. The molecule has 7 heteroatoms. The number of alkyl halides is 2. The Morgan fingerprint density at radius 2 is 2.00 bits per heavy atom. The van der Waals surface area contributed by atoms with Gasteiger partial charge in [0.15, 0.2) is 0 Å². The highest BCUT2D eigenvalue weighted by molar-refractivity contribution is 5.97. The number of hydrogen-bond acceptors (Lipinski definition) is 2. The molecule has 1 aromatic rings. The van der Waals surface area contributed by atoms with Crippen molar-refractivity contribution in [2.75, 3.05) is 0 Å². The van der Waals surface area contributed by atoms with Crippen LogP contribution in [0.1, 0.15) is 35.1 Å². The zero-order chi connectivity index (χ0) is 15.4. The Morgan fingerprint density at radius 3 is 2.40 bits per heavy atom. The summed E-state index contributed by atoms with van der Waals surface area (Å²) >= 11 is 0. The van der Waals surface area contributed by atoms with Gasteiger partial charge in [0.1, 0.15) is 6.04 Å². The molecule has 0 bridgehead atoms. The summed E-state index contributed by atoms with van der Waals surface area (Å²) < 4.78 is 26.4. The van der Waals surface area contributed by atoms with Gasteiger partial charge in [-0.05, 0) is 26.8 Å².